The minimum absolute atomic E-state index is 0.282. The Morgan fingerprint density at radius 2 is 2.14 bits per heavy atom. The highest BCUT2D eigenvalue weighted by Crippen LogP contribution is 2.38. The van der Waals surface area contributed by atoms with E-state index in [4.69, 9.17) is 19.2 Å². The largest absolute Gasteiger partial charge is 0.493 e. The number of ether oxygens (including phenoxy) is 3. The number of carbonyl (C=O) groups is 2. The van der Waals surface area contributed by atoms with Crippen LogP contribution in [0.4, 0.5) is 10.6 Å². The minimum Gasteiger partial charge on any atom is -0.493 e. The van der Waals surface area contributed by atoms with E-state index in [1.54, 1.807) is 32.2 Å². The Balaban J connectivity index is 1.88. The van der Waals surface area contributed by atoms with Crippen LogP contribution >= 0.6 is 0 Å². The molecule has 3 aromatic heterocycles. The van der Waals surface area contributed by atoms with Crippen LogP contribution in [0, 0.1) is 0 Å². The Morgan fingerprint density at radius 3 is 2.77 bits per heavy atom. The molecule has 0 bridgehead atoms. The van der Waals surface area contributed by atoms with E-state index in [1.165, 1.54) is 19.3 Å². The molecule has 4 heterocycles. The van der Waals surface area contributed by atoms with E-state index in [0.29, 0.717) is 59.7 Å². The van der Waals surface area contributed by atoms with E-state index in [2.05, 4.69) is 10.3 Å². The molecule has 0 aromatic carbocycles. The van der Waals surface area contributed by atoms with Gasteiger partial charge in [-0.3, -0.25) is 9.36 Å². The Labute approximate surface area is 201 Å². The summed E-state index contributed by atoms with van der Waals surface area (Å²) in [5, 5.41) is 22.5. The topological polar surface area (TPSA) is 145 Å². The van der Waals surface area contributed by atoms with Crippen molar-refractivity contribution in [3.8, 4) is 17.0 Å². The number of aliphatic hydroxyl groups excluding tert-OH is 1. The lowest BCUT2D eigenvalue weighted by atomic mass is 9.96. The van der Waals surface area contributed by atoms with Gasteiger partial charge in [0.2, 0.25) is 5.91 Å². The third-order valence-corrected chi connectivity index (χ3v) is 5.92. The van der Waals surface area contributed by atoms with Crippen LogP contribution in [-0.4, -0.2) is 69.8 Å². The summed E-state index contributed by atoms with van der Waals surface area (Å²) in [7, 11) is 1.60. The first-order valence-corrected chi connectivity index (χ1v) is 11.2. The van der Waals surface area contributed by atoms with Gasteiger partial charge in [0.1, 0.15) is 17.2 Å². The van der Waals surface area contributed by atoms with Crippen LogP contribution in [0.15, 0.2) is 30.6 Å². The van der Waals surface area contributed by atoms with Crippen LogP contribution in [0.25, 0.3) is 22.2 Å². The van der Waals surface area contributed by atoms with Gasteiger partial charge in [0.05, 0.1) is 42.4 Å². The molecule has 0 spiro atoms. The fraction of sp³-hybridized carbons (Fsp3) is 0.417. The molecule has 0 radical (unpaired) electrons. The predicted molar refractivity (Wildman–Crippen MR) is 127 cm³/mol. The monoisotopic (exact) mass is 484 g/mol. The number of rotatable bonds is 8. The van der Waals surface area contributed by atoms with Gasteiger partial charge in [-0.2, -0.15) is 0 Å². The molecule has 11 heteroatoms. The molecule has 1 aliphatic rings. The average molecular weight is 485 g/mol. The van der Waals surface area contributed by atoms with E-state index < -0.39 is 17.8 Å². The fourth-order valence-corrected chi connectivity index (χ4v) is 4.06. The van der Waals surface area contributed by atoms with Crippen LogP contribution in [0.3, 0.4) is 0 Å². The van der Waals surface area contributed by atoms with Crippen molar-refractivity contribution in [1.29, 1.82) is 0 Å². The third-order valence-electron chi connectivity index (χ3n) is 5.92. The number of nitrogens with one attached hydrogen (secondary N) is 1. The van der Waals surface area contributed by atoms with Crippen molar-refractivity contribution >= 4 is 28.7 Å². The van der Waals surface area contributed by atoms with Gasteiger partial charge in [-0.25, -0.2) is 14.8 Å². The van der Waals surface area contributed by atoms with E-state index >= 15 is 0 Å². The molecule has 186 valence electrons. The molecular formula is C24H28N4O7. The summed E-state index contributed by atoms with van der Waals surface area (Å²) >= 11 is 0. The number of fused-ring (bicyclic) bond motifs is 1. The minimum atomic E-state index is -1.18. The van der Waals surface area contributed by atoms with Gasteiger partial charge in [0.15, 0.2) is 0 Å². The Kier molecular flexibility index (Phi) is 7.01. The van der Waals surface area contributed by atoms with Crippen LogP contribution in [0.1, 0.15) is 32.4 Å². The van der Waals surface area contributed by atoms with Crippen molar-refractivity contribution in [3.05, 3.63) is 36.3 Å². The van der Waals surface area contributed by atoms with E-state index in [0.717, 1.165) is 4.57 Å². The molecule has 1 aliphatic heterocycles. The maximum absolute atomic E-state index is 11.9. The summed E-state index contributed by atoms with van der Waals surface area (Å²) in [6, 6.07) is 5.10. The number of hydrogen-bond acceptors (Lipinski definition) is 8. The van der Waals surface area contributed by atoms with Crippen molar-refractivity contribution in [2.45, 2.75) is 38.4 Å². The summed E-state index contributed by atoms with van der Waals surface area (Å²) in [5.74, 6) is 0.492. The summed E-state index contributed by atoms with van der Waals surface area (Å²) in [6.07, 6.45) is 2.19. The molecule has 1 saturated heterocycles. The molecule has 4 rings (SSSR count). The van der Waals surface area contributed by atoms with Gasteiger partial charge in [0, 0.05) is 62.8 Å². The number of hydrogen-bond donors (Lipinski definition) is 3. The van der Waals surface area contributed by atoms with Crippen molar-refractivity contribution in [2.24, 2.45) is 0 Å². The number of nitrogens with zero attached hydrogens (tertiary/aromatic N) is 3. The standard InChI is InChI=1S/C24H28N4O7/c1-14(29)4-6-35-16-8-19(27-21(9-16)24(33-3)5-7-34-13-24)18-12-28(23(31)32)20-11-25-22(10-17(18)20)26-15(2)30/h8-12,14,29H,4-7,13H2,1-3H3,(H,31,32)(H,25,26,30)/t14-,24-/m0/s1. The highest BCUT2D eigenvalue weighted by atomic mass is 16.5. The van der Waals surface area contributed by atoms with Gasteiger partial charge in [-0.15, -0.1) is 0 Å². The molecule has 11 nitrogen and oxygen atoms in total. The molecule has 2 atom stereocenters. The highest BCUT2D eigenvalue weighted by molar-refractivity contribution is 6.01. The molecule has 0 saturated carbocycles. The van der Waals surface area contributed by atoms with Crippen molar-refractivity contribution in [3.63, 3.8) is 0 Å². The highest BCUT2D eigenvalue weighted by Gasteiger charge is 2.39. The summed E-state index contributed by atoms with van der Waals surface area (Å²) in [6.45, 7) is 4.17. The molecule has 0 aliphatic carbocycles. The van der Waals surface area contributed by atoms with Gasteiger partial charge in [-0.05, 0) is 13.0 Å². The maximum Gasteiger partial charge on any atom is 0.416 e. The van der Waals surface area contributed by atoms with Crippen LogP contribution in [0.2, 0.25) is 0 Å². The predicted octanol–water partition coefficient (Wildman–Crippen LogP) is 2.99. The van der Waals surface area contributed by atoms with Gasteiger partial charge < -0.3 is 29.7 Å². The number of pyridine rings is 2. The molecule has 35 heavy (non-hydrogen) atoms. The number of methoxy groups -OCH3 is 1. The Bertz CT molecular complexity index is 1250. The second-order valence-corrected chi connectivity index (χ2v) is 8.52. The Hall–Kier alpha value is -3.54. The van der Waals surface area contributed by atoms with E-state index in [-0.39, 0.29) is 18.3 Å². The Morgan fingerprint density at radius 1 is 1.34 bits per heavy atom. The van der Waals surface area contributed by atoms with E-state index in [1.807, 2.05) is 0 Å². The van der Waals surface area contributed by atoms with Crippen molar-refractivity contribution in [2.75, 3.05) is 32.2 Å². The summed E-state index contributed by atoms with van der Waals surface area (Å²) in [5.41, 5.74) is 1.14. The molecular weight excluding hydrogens is 456 g/mol. The molecule has 0 unspecified atom stereocenters. The second kappa shape index (κ2) is 9.98. The number of carbonyl (C=O) groups excluding carboxylic acids is 1. The lowest BCUT2D eigenvalue weighted by Crippen LogP contribution is -2.30. The lowest BCUT2D eigenvalue weighted by Gasteiger charge is -2.26. The second-order valence-electron chi connectivity index (χ2n) is 8.52. The average Bonchev–Trinajstić information content (AvgIpc) is 3.44. The van der Waals surface area contributed by atoms with Crippen LogP contribution in [-0.2, 0) is 19.9 Å². The summed E-state index contributed by atoms with van der Waals surface area (Å²) in [4.78, 5) is 32.5. The van der Waals surface area contributed by atoms with Crippen LogP contribution in [0.5, 0.6) is 5.75 Å². The van der Waals surface area contributed by atoms with Gasteiger partial charge >= 0.3 is 6.09 Å². The van der Waals surface area contributed by atoms with Gasteiger partial charge in [-0.1, -0.05) is 0 Å². The number of amides is 1. The molecule has 3 aromatic rings. The zero-order valence-corrected chi connectivity index (χ0v) is 19.8. The normalized spacial score (nSPS) is 18.5. The number of aromatic nitrogens is 3. The lowest BCUT2D eigenvalue weighted by molar-refractivity contribution is -0.114. The first kappa shape index (κ1) is 24.6. The SMILES string of the molecule is CO[C@@]1(c2cc(OCC[C@H](C)O)cc(-c3cn(C(=O)O)c4cnc(NC(C)=O)cc34)n2)CCOC1. The van der Waals surface area contributed by atoms with Crippen LogP contribution < -0.4 is 10.1 Å². The summed E-state index contributed by atoms with van der Waals surface area (Å²) < 4.78 is 18.4. The fourth-order valence-electron chi connectivity index (χ4n) is 4.06. The number of anilines is 1. The zero-order chi connectivity index (χ0) is 25.2. The molecule has 1 amide bonds. The maximum atomic E-state index is 11.9. The third kappa shape index (κ3) is 5.11. The smallest absolute Gasteiger partial charge is 0.416 e. The quantitative estimate of drug-likeness (QED) is 0.439. The van der Waals surface area contributed by atoms with Crippen molar-refractivity contribution in [1.82, 2.24) is 14.5 Å². The van der Waals surface area contributed by atoms with Gasteiger partial charge in [0.25, 0.3) is 0 Å². The first-order chi connectivity index (χ1) is 16.7. The number of aliphatic hydroxyl groups is 1. The van der Waals surface area contributed by atoms with E-state index in [9.17, 15) is 19.8 Å². The number of carboxylic acid groups (broad SMARTS) is 1. The molecule has 3 N–H and O–H groups in total. The molecule has 1 fully saturated rings. The zero-order valence-electron chi connectivity index (χ0n) is 19.8. The first-order valence-electron chi connectivity index (χ1n) is 11.2. The van der Waals surface area contributed by atoms with Crippen molar-refractivity contribution < 1.29 is 34.0 Å².